The summed E-state index contributed by atoms with van der Waals surface area (Å²) in [5.74, 6) is -1.10. The van der Waals surface area contributed by atoms with Crippen molar-refractivity contribution in [1.82, 2.24) is 0 Å². The number of alkyl halides is 4. The van der Waals surface area contributed by atoms with E-state index in [4.69, 9.17) is 4.74 Å². The first-order valence-electron chi connectivity index (χ1n) is 5.59. The molecule has 0 aromatic heterocycles. The summed E-state index contributed by atoms with van der Waals surface area (Å²) >= 11 is 0. The molecular weight excluding hydrogens is 280 g/mol. The first-order chi connectivity index (χ1) is 9.27. The Morgan fingerprint density at radius 2 is 1.85 bits per heavy atom. The van der Waals surface area contributed by atoms with Crippen molar-refractivity contribution in [3.05, 3.63) is 36.4 Å². The molecule has 0 N–H and O–H groups in total. The highest BCUT2D eigenvalue weighted by Gasteiger charge is 2.43. The monoisotopic (exact) mass is 292 g/mol. The van der Waals surface area contributed by atoms with Gasteiger partial charge in [-0.25, -0.2) is 4.79 Å². The SMILES string of the molecule is C=C(C(=O)OCC)c1ccc(OC(F)(F)C(F)F)cc1. The van der Waals surface area contributed by atoms with Gasteiger partial charge < -0.3 is 9.47 Å². The molecule has 0 radical (unpaired) electrons. The summed E-state index contributed by atoms with van der Waals surface area (Å²) in [6, 6.07) is 4.57. The third-order valence-corrected chi connectivity index (χ3v) is 2.23. The maximum atomic E-state index is 12.7. The van der Waals surface area contributed by atoms with E-state index in [1.54, 1.807) is 6.92 Å². The van der Waals surface area contributed by atoms with Gasteiger partial charge in [0, 0.05) is 0 Å². The lowest BCUT2D eigenvalue weighted by Gasteiger charge is -2.16. The van der Waals surface area contributed by atoms with Crippen molar-refractivity contribution < 1.29 is 31.8 Å². The van der Waals surface area contributed by atoms with Gasteiger partial charge in [-0.15, -0.1) is 0 Å². The van der Waals surface area contributed by atoms with E-state index >= 15 is 0 Å². The fraction of sp³-hybridized carbons (Fsp3) is 0.308. The highest BCUT2D eigenvalue weighted by molar-refractivity contribution is 6.15. The molecule has 0 fully saturated rings. The van der Waals surface area contributed by atoms with Crippen LogP contribution in [-0.2, 0) is 9.53 Å². The van der Waals surface area contributed by atoms with Gasteiger partial charge in [-0.2, -0.15) is 17.6 Å². The maximum absolute atomic E-state index is 12.7. The van der Waals surface area contributed by atoms with Crippen molar-refractivity contribution in [3.63, 3.8) is 0 Å². The molecule has 0 unspecified atom stereocenters. The summed E-state index contributed by atoms with van der Waals surface area (Å²) < 4.78 is 57.8. The zero-order valence-electron chi connectivity index (χ0n) is 10.5. The molecule has 0 aliphatic heterocycles. The molecule has 0 saturated heterocycles. The molecule has 1 aromatic rings. The summed E-state index contributed by atoms with van der Waals surface area (Å²) in [5.41, 5.74) is 0.343. The van der Waals surface area contributed by atoms with Gasteiger partial charge in [0.05, 0.1) is 12.2 Å². The Morgan fingerprint density at radius 3 is 2.30 bits per heavy atom. The molecular formula is C13H12F4O3. The molecule has 20 heavy (non-hydrogen) atoms. The number of halogens is 4. The molecule has 0 aliphatic rings. The van der Waals surface area contributed by atoms with Gasteiger partial charge >= 0.3 is 18.5 Å². The molecule has 7 heteroatoms. The van der Waals surface area contributed by atoms with Crippen LogP contribution < -0.4 is 4.74 Å². The van der Waals surface area contributed by atoms with Crippen molar-refractivity contribution in [2.75, 3.05) is 6.61 Å². The van der Waals surface area contributed by atoms with E-state index < -0.39 is 24.3 Å². The van der Waals surface area contributed by atoms with E-state index in [0.717, 1.165) is 12.1 Å². The van der Waals surface area contributed by atoms with Crippen LogP contribution in [0.2, 0.25) is 0 Å². The Hall–Kier alpha value is -2.05. The average molecular weight is 292 g/mol. The van der Waals surface area contributed by atoms with Crippen molar-refractivity contribution >= 4 is 11.5 Å². The highest BCUT2D eigenvalue weighted by atomic mass is 19.3. The number of hydrogen-bond donors (Lipinski definition) is 0. The minimum absolute atomic E-state index is 0.0269. The van der Waals surface area contributed by atoms with Crippen molar-refractivity contribution in [2.45, 2.75) is 19.5 Å². The molecule has 110 valence electrons. The lowest BCUT2D eigenvalue weighted by Crippen LogP contribution is -2.33. The number of carbonyl (C=O) groups is 1. The van der Waals surface area contributed by atoms with Crippen LogP contribution in [0.3, 0.4) is 0 Å². The van der Waals surface area contributed by atoms with E-state index in [9.17, 15) is 22.4 Å². The summed E-state index contributed by atoms with van der Waals surface area (Å²) in [5, 5.41) is 0. The largest absolute Gasteiger partial charge is 0.462 e. The van der Waals surface area contributed by atoms with Crippen LogP contribution in [0, 0.1) is 0 Å². The number of esters is 1. The smallest absolute Gasteiger partial charge is 0.461 e. The predicted octanol–water partition coefficient (Wildman–Crippen LogP) is 3.50. The van der Waals surface area contributed by atoms with Gasteiger partial charge in [-0.05, 0) is 24.6 Å². The van der Waals surface area contributed by atoms with Gasteiger partial charge in [0.1, 0.15) is 5.75 Å². The van der Waals surface area contributed by atoms with E-state index in [1.807, 2.05) is 0 Å². The minimum atomic E-state index is -4.57. The third-order valence-electron chi connectivity index (χ3n) is 2.23. The van der Waals surface area contributed by atoms with Crippen LogP contribution >= 0.6 is 0 Å². The van der Waals surface area contributed by atoms with Crippen LogP contribution in [0.1, 0.15) is 12.5 Å². The standard InChI is InChI=1S/C13H12F4O3/c1-3-19-11(18)8(2)9-4-6-10(7-5-9)20-13(16,17)12(14)15/h4-7,12H,2-3H2,1H3. The number of benzene rings is 1. The molecule has 0 amide bonds. The second-order valence-corrected chi connectivity index (χ2v) is 3.69. The molecule has 0 bridgehead atoms. The maximum Gasteiger partial charge on any atom is 0.461 e. The summed E-state index contributed by atoms with van der Waals surface area (Å²) in [6.07, 6.45) is -8.50. The molecule has 0 heterocycles. The molecule has 0 spiro atoms. The zero-order chi connectivity index (χ0) is 15.3. The molecule has 1 aromatic carbocycles. The average Bonchev–Trinajstić information content (AvgIpc) is 2.38. The lowest BCUT2D eigenvalue weighted by atomic mass is 10.1. The quantitative estimate of drug-likeness (QED) is 0.457. The van der Waals surface area contributed by atoms with Crippen LogP contribution in [0.15, 0.2) is 30.8 Å². The van der Waals surface area contributed by atoms with Crippen molar-refractivity contribution in [1.29, 1.82) is 0 Å². The Bertz CT molecular complexity index is 483. The molecule has 0 saturated carbocycles. The van der Waals surface area contributed by atoms with E-state index in [0.29, 0.717) is 5.56 Å². The van der Waals surface area contributed by atoms with Gasteiger partial charge in [-0.1, -0.05) is 18.7 Å². The van der Waals surface area contributed by atoms with E-state index in [2.05, 4.69) is 11.3 Å². The Morgan fingerprint density at radius 1 is 1.30 bits per heavy atom. The van der Waals surface area contributed by atoms with Crippen LogP contribution in [0.4, 0.5) is 17.6 Å². The summed E-state index contributed by atoms with van der Waals surface area (Å²) in [6.45, 7) is 5.28. The topological polar surface area (TPSA) is 35.5 Å². The third kappa shape index (κ3) is 3.97. The molecule has 3 nitrogen and oxygen atoms in total. The normalized spacial score (nSPS) is 11.3. The lowest BCUT2D eigenvalue weighted by molar-refractivity contribution is -0.253. The summed E-state index contributed by atoms with van der Waals surface area (Å²) in [4.78, 5) is 11.4. The fourth-order valence-electron chi connectivity index (χ4n) is 1.26. The van der Waals surface area contributed by atoms with Crippen molar-refractivity contribution in [3.8, 4) is 5.75 Å². The number of rotatable bonds is 6. The van der Waals surface area contributed by atoms with Gasteiger partial charge in [0.25, 0.3) is 0 Å². The first-order valence-corrected chi connectivity index (χ1v) is 5.59. The minimum Gasteiger partial charge on any atom is -0.462 e. The van der Waals surface area contributed by atoms with E-state index in [1.165, 1.54) is 12.1 Å². The van der Waals surface area contributed by atoms with E-state index in [-0.39, 0.29) is 12.2 Å². The van der Waals surface area contributed by atoms with Crippen molar-refractivity contribution in [2.24, 2.45) is 0 Å². The number of hydrogen-bond acceptors (Lipinski definition) is 3. The Labute approximate surface area is 112 Å². The van der Waals surface area contributed by atoms with Crippen LogP contribution in [0.5, 0.6) is 5.75 Å². The predicted molar refractivity (Wildman–Crippen MR) is 63.7 cm³/mol. The number of carbonyl (C=O) groups excluding carboxylic acids is 1. The fourth-order valence-corrected chi connectivity index (χ4v) is 1.26. The summed E-state index contributed by atoms with van der Waals surface area (Å²) in [7, 11) is 0. The van der Waals surface area contributed by atoms with Crippen LogP contribution in [-0.4, -0.2) is 25.1 Å². The molecule has 0 atom stereocenters. The Balaban J connectivity index is 2.79. The molecule has 0 aliphatic carbocycles. The second kappa shape index (κ2) is 6.40. The van der Waals surface area contributed by atoms with Gasteiger partial charge in [0.15, 0.2) is 0 Å². The molecule has 1 rings (SSSR count). The highest BCUT2D eigenvalue weighted by Crippen LogP contribution is 2.28. The first kappa shape index (κ1) is 16.0. The van der Waals surface area contributed by atoms with Gasteiger partial charge in [0.2, 0.25) is 0 Å². The number of ether oxygens (including phenoxy) is 2. The Kier molecular flexibility index (Phi) is 5.12. The second-order valence-electron chi connectivity index (χ2n) is 3.69. The zero-order valence-corrected chi connectivity index (χ0v) is 10.5. The van der Waals surface area contributed by atoms with Crippen LogP contribution in [0.25, 0.3) is 5.57 Å². The van der Waals surface area contributed by atoms with Gasteiger partial charge in [-0.3, -0.25) is 0 Å².